The largest absolute Gasteiger partial charge is 1.00 e. The molecule has 72 heavy (non-hydrogen) atoms. The molecule has 0 saturated heterocycles. The van der Waals surface area contributed by atoms with Crippen molar-refractivity contribution < 1.29 is 144 Å². The van der Waals surface area contributed by atoms with E-state index in [0.29, 0.717) is 0 Å². The molecule has 4 aromatic heterocycles. The van der Waals surface area contributed by atoms with Crippen LogP contribution in [0.3, 0.4) is 0 Å². The molecule has 8 rings (SSSR count). The number of anilines is 2. The smallest absolute Gasteiger partial charge is 0.452 e. The molecule has 4 amide bonds. The molecule has 0 radical (unpaired) electrons. The summed E-state index contributed by atoms with van der Waals surface area (Å²) in [4.78, 5) is 87.0. The van der Waals surface area contributed by atoms with E-state index in [2.05, 4.69) is 39.8 Å². The molecule has 4 aromatic carbocycles. The van der Waals surface area contributed by atoms with E-state index in [9.17, 15) is 56.5 Å². The van der Waals surface area contributed by atoms with E-state index in [-0.39, 0.29) is 168 Å². The number of furan rings is 2. The Morgan fingerprint density at radius 2 is 0.875 bits per heavy atom. The minimum absolute atomic E-state index is 0. The molecule has 0 fully saturated rings. The second-order valence-electron chi connectivity index (χ2n) is 13.4. The normalized spacial score (nSPS) is 10.7. The minimum Gasteiger partial charge on any atom is -0.452 e. The zero-order valence-corrected chi connectivity index (χ0v) is 42.9. The zero-order valence-electron chi connectivity index (χ0n) is 35.9. The van der Waals surface area contributed by atoms with Gasteiger partial charge in [-0.2, -0.15) is 17.6 Å². The molecular weight excluding hydrogens is 1080 g/mol. The van der Waals surface area contributed by atoms with Gasteiger partial charge in [-0.05, 0) is 60.7 Å². The van der Waals surface area contributed by atoms with Gasteiger partial charge in [-0.1, -0.05) is 46.4 Å². The number of hydroxylamine groups is 2. The van der Waals surface area contributed by atoms with Crippen molar-refractivity contribution >= 4 is 138 Å². The molecule has 4 N–H and O–H groups in total. The zero-order chi connectivity index (χ0) is 50.6. The predicted molar refractivity (Wildman–Crippen MR) is 233 cm³/mol. The van der Waals surface area contributed by atoms with E-state index in [1.54, 1.807) is 11.0 Å². The molecule has 0 aliphatic carbocycles. The molecule has 0 bridgehead atoms. The van der Waals surface area contributed by atoms with E-state index in [1.165, 1.54) is 73.3 Å². The predicted octanol–water partition coefficient (Wildman–Crippen LogP) is 2.30. The van der Waals surface area contributed by atoms with Crippen LogP contribution in [0.1, 0.15) is 41.4 Å². The van der Waals surface area contributed by atoms with Gasteiger partial charge >= 0.3 is 72.3 Å². The van der Waals surface area contributed by atoms with Crippen LogP contribution in [0.5, 0.6) is 11.5 Å². The third-order valence-electron chi connectivity index (χ3n) is 9.25. The van der Waals surface area contributed by atoms with Crippen molar-refractivity contribution in [3.63, 3.8) is 0 Å². The fraction of sp³-hybridized carbons (Fsp3) is 0.0476. The van der Waals surface area contributed by atoms with Crippen molar-refractivity contribution in [2.75, 3.05) is 10.6 Å². The summed E-state index contributed by atoms with van der Waals surface area (Å²) in [6.07, 6.45) is 1.04. The maximum absolute atomic E-state index is 13.2. The summed E-state index contributed by atoms with van der Waals surface area (Å²) in [6, 6.07) is 12.3. The molecule has 0 spiro atoms. The molecule has 360 valence electrons. The quantitative estimate of drug-likeness (QED) is 0.0868. The van der Waals surface area contributed by atoms with Crippen LogP contribution >= 0.6 is 46.4 Å². The van der Waals surface area contributed by atoms with Crippen molar-refractivity contribution in [3.05, 3.63) is 128 Å². The fourth-order valence-corrected chi connectivity index (χ4v) is 7.39. The first-order valence-electron chi connectivity index (χ1n) is 18.8. The third kappa shape index (κ3) is 12.8. The number of alkyl halides is 4. The number of ether oxygens (including phenoxy) is 2. The number of benzene rings is 4. The maximum atomic E-state index is 13.2. The maximum Gasteiger partial charge on any atom is 1.00 e. The number of hydrogen-bond donors (Lipinski definition) is 4. The van der Waals surface area contributed by atoms with Crippen LogP contribution in [0.15, 0.2) is 94.3 Å². The monoisotopic (exact) mass is 1090 g/mol. The Bertz CT molecular complexity index is 3180. The van der Waals surface area contributed by atoms with Gasteiger partial charge in [-0.25, -0.2) is 11.0 Å². The Labute approximate surface area is 461 Å². The SMILES string of the molecule is O=C([O-])ONC(=O)c1ccc2oc3c(OC(F)F)ccc(C(=O)Nc4c(Cl)cncc4Cl)c3c2c1.O=C([O-])ONC(=O)c1ccc2oc3c(OC(F)F)ccc(C(=O)Nc4c(Cl)cncc4Cl)c3c2c1.[Na+].[Na+]. The van der Waals surface area contributed by atoms with E-state index in [1.807, 2.05) is 0 Å². The van der Waals surface area contributed by atoms with Gasteiger partial charge in [0.1, 0.15) is 11.2 Å². The summed E-state index contributed by atoms with van der Waals surface area (Å²) in [7, 11) is 0. The molecular formula is C42H20Cl4F4N6Na2O14. The average molecular weight is 1100 g/mol. The number of nitrogens with zero attached hydrogens (tertiary/aromatic N) is 2. The van der Waals surface area contributed by atoms with Crippen molar-refractivity contribution in [2.24, 2.45) is 0 Å². The van der Waals surface area contributed by atoms with Crippen molar-refractivity contribution in [3.8, 4) is 11.5 Å². The fourth-order valence-electron chi connectivity index (χ4n) is 6.47. The minimum atomic E-state index is -3.19. The van der Waals surface area contributed by atoms with Gasteiger partial charge in [-0.3, -0.25) is 29.1 Å². The number of fused-ring (bicyclic) bond motifs is 6. The van der Waals surface area contributed by atoms with Crippen LogP contribution in [0.4, 0.5) is 38.5 Å². The first-order chi connectivity index (χ1) is 33.3. The average Bonchev–Trinajstić information content (AvgIpc) is 3.89. The molecule has 0 aliphatic heterocycles. The van der Waals surface area contributed by atoms with Gasteiger partial charge in [0.25, 0.3) is 35.9 Å². The van der Waals surface area contributed by atoms with Crippen LogP contribution < -0.4 is 100 Å². The summed E-state index contributed by atoms with van der Waals surface area (Å²) >= 11 is 24.2. The number of carboxylic acid groups (broad SMARTS) is 2. The van der Waals surface area contributed by atoms with Gasteiger partial charge in [0.05, 0.1) is 42.6 Å². The van der Waals surface area contributed by atoms with Gasteiger partial charge in [0, 0.05) is 57.5 Å². The molecule has 4 heterocycles. The summed E-state index contributed by atoms with van der Waals surface area (Å²) in [5.41, 5.74) is 2.90. The summed E-state index contributed by atoms with van der Waals surface area (Å²) in [5.74, 6) is -4.15. The van der Waals surface area contributed by atoms with Crippen molar-refractivity contribution in [1.29, 1.82) is 0 Å². The molecule has 0 unspecified atom stereocenters. The van der Waals surface area contributed by atoms with Crippen LogP contribution in [-0.4, -0.2) is 59.1 Å². The van der Waals surface area contributed by atoms with Crippen LogP contribution in [-0.2, 0) is 9.68 Å². The standard InChI is InChI=1S/2C21H11Cl2F2N3O7.2Na/c2*22-11-6-26-7-12(23)16(11)27-19(30)9-2-4-14(34-20(24)25)17-15(9)10-5-8(1-3-13(10)33-17)18(29)28-35-21(31)32;;/h2*1-7,20H,(H,28,29)(H,31,32)(H,26,27,30);;/q;;2*+1/p-2. The van der Waals surface area contributed by atoms with Gasteiger partial charge < -0.3 is 58.4 Å². The molecule has 20 nitrogen and oxygen atoms in total. The summed E-state index contributed by atoms with van der Waals surface area (Å²) in [6.45, 7) is -6.38. The van der Waals surface area contributed by atoms with E-state index < -0.39 is 49.2 Å². The Balaban J connectivity index is 0.000000260. The van der Waals surface area contributed by atoms with E-state index in [4.69, 9.17) is 55.2 Å². The van der Waals surface area contributed by atoms with Crippen molar-refractivity contribution in [2.45, 2.75) is 13.2 Å². The number of carbonyl (C=O) groups is 6. The summed E-state index contributed by atoms with van der Waals surface area (Å²) in [5, 5.41) is 26.4. The van der Waals surface area contributed by atoms with Gasteiger partial charge in [-0.15, -0.1) is 0 Å². The first-order valence-corrected chi connectivity index (χ1v) is 20.3. The van der Waals surface area contributed by atoms with E-state index >= 15 is 0 Å². The Morgan fingerprint density at radius 3 is 1.19 bits per heavy atom. The number of pyridine rings is 2. The van der Waals surface area contributed by atoms with Crippen LogP contribution in [0.2, 0.25) is 20.1 Å². The first kappa shape index (κ1) is 56.6. The Kier molecular flexibility index (Phi) is 19.2. The molecule has 8 aromatic rings. The number of hydrogen-bond acceptors (Lipinski definition) is 16. The number of amides is 4. The number of halogens is 8. The molecule has 0 atom stereocenters. The third-order valence-corrected chi connectivity index (χ3v) is 10.4. The van der Waals surface area contributed by atoms with Gasteiger partial charge in [0.15, 0.2) is 22.7 Å². The Morgan fingerprint density at radius 1 is 0.528 bits per heavy atom. The van der Waals surface area contributed by atoms with Gasteiger partial charge in [0.2, 0.25) is 0 Å². The van der Waals surface area contributed by atoms with Crippen LogP contribution in [0.25, 0.3) is 43.9 Å². The number of carbonyl (C=O) groups excluding carboxylic acids is 6. The Hall–Kier alpha value is -6.32. The molecule has 30 heteroatoms. The molecule has 0 saturated carbocycles. The van der Waals surface area contributed by atoms with Crippen LogP contribution in [0, 0.1) is 0 Å². The number of aromatic nitrogens is 2. The second-order valence-corrected chi connectivity index (χ2v) is 15.1. The number of rotatable bonds is 10. The number of nitrogens with one attached hydrogen (secondary N) is 4. The molecule has 0 aliphatic rings. The second kappa shape index (κ2) is 24.4. The topological polar surface area (TPSA) is 286 Å². The summed E-state index contributed by atoms with van der Waals surface area (Å²) < 4.78 is 72.1. The van der Waals surface area contributed by atoms with E-state index in [0.717, 1.165) is 12.1 Å². The van der Waals surface area contributed by atoms with Crippen molar-refractivity contribution in [1.82, 2.24) is 20.9 Å².